The van der Waals surface area contributed by atoms with Gasteiger partial charge in [0.25, 0.3) is 0 Å². The van der Waals surface area contributed by atoms with E-state index in [4.69, 9.17) is 16.3 Å². The number of halogens is 2. The van der Waals surface area contributed by atoms with Gasteiger partial charge in [-0.3, -0.25) is 0 Å². The van der Waals surface area contributed by atoms with Crippen molar-refractivity contribution in [2.45, 2.75) is 25.7 Å². The molecule has 0 bridgehead atoms. The number of nitrogens with zero attached hydrogens (tertiary/aromatic N) is 1. The molecule has 2 rings (SSSR count). The first-order valence-electron chi connectivity index (χ1n) is 8.29. The van der Waals surface area contributed by atoms with Crippen LogP contribution < -0.4 is 4.74 Å². The maximum absolute atomic E-state index is 6.15. The van der Waals surface area contributed by atoms with Crippen molar-refractivity contribution in [1.29, 1.82) is 0 Å². The van der Waals surface area contributed by atoms with Crippen molar-refractivity contribution in [2.24, 2.45) is 0 Å². The first-order chi connectivity index (χ1) is 11.2. The molecule has 0 heterocycles. The lowest BCUT2D eigenvalue weighted by molar-refractivity contribution is 0.303. The van der Waals surface area contributed by atoms with Gasteiger partial charge < -0.3 is 9.64 Å². The predicted octanol–water partition coefficient (Wildman–Crippen LogP) is 5.93. The van der Waals surface area contributed by atoms with Gasteiger partial charge in [0.2, 0.25) is 0 Å². The molecule has 0 fully saturated rings. The van der Waals surface area contributed by atoms with Crippen LogP contribution in [0.25, 0.3) is 11.1 Å². The Morgan fingerprint density at radius 1 is 0.917 bits per heavy atom. The van der Waals surface area contributed by atoms with E-state index < -0.39 is 0 Å². The van der Waals surface area contributed by atoms with Crippen molar-refractivity contribution in [3.05, 3.63) is 53.6 Å². The lowest BCUT2D eigenvalue weighted by Gasteiger charge is -2.13. The van der Waals surface area contributed by atoms with E-state index in [-0.39, 0.29) is 12.4 Å². The van der Waals surface area contributed by atoms with E-state index in [1.54, 1.807) is 0 Å². The molecule has 2 aromatic rings. The van der Waals surface area contributed by atoms with Crippen LogP contribution >= 0.6 is 24.0 Å². The van der Waals surface area contributed by atoms with E-state index in [1.165, 1.54) is 19.3 Å². The van der Waals surface area contributed by atoms with Crippen molar-refractivity contribution in [2.75, 3.05) is 27.2 Å². The summed E-state index contributed by atoms with van der Waals surface area (Å²) >= 11 is 6.15. The second-order valence-electron chi connectivity index (χ2n) is 6.07. The van der Waals surface area contributed by atoms with Crippen LogP contribution in [0.4, 0.5) is 0 Å². The third-order valence-electron chi connectivity index (χ3n) is 3.78. The van der Waals surface area contributed by atoms with Gasteiger partial charge in [0.1, 0.15) is 5.75 Å². The van der Waals surface area contributed by atoms with Crippen LogP contribution in [-0.4, -0.2) is 32.1 Å². The first-order valence-corrected chi connectivity index (χ1v) is 8.67. The number of ether oxygens (including phenoxy) is 1. The van der Waals surface area contributed by atoms with Crippen LogP contribution in [0.3, 0.4) is 0 Å². The second kappa shape index (κ2) is 11.4. The summed E-state index contributed by atoms with van der Waals surface area (Å²) in [5.41, 5.74) is 2.20. The minimum Gasteiger partial charge on any atom is -0.493 e. The Hall–Kier alpha value is -1.22. The van der Waals surface area contributed by atoms with E-state index in [0.29, 0.717) is 0 Å². The van der Waals surface area contributed by atoms with Crippen molar-refractivity contribution >= 4 is 24.0 Å². The fourth-order valence-electron chi connectivity index (χ4n) is 2.54. The Morgan fingerprint density at radius 3 is 2.33 bits per heavy atom. The van der Waals surface area contributed by atoms with Crippen LogP contribution in [0.2, 0.25) is 5.02 Å². The maximum Gasteiger partial charge on any atom is 0.127 e. The molecule has 0 atom stereocenters. The average molecular weight is 368 g/mol. The lowest BCUT2D eigenvalue weighted by Crippen LogP contribution is -2.12. The smallest absolute Gasteiger partial charge is 0.127 e. The number of rotatable bonds is 9. The van der Waals surface area contributed by atoms with Gasteiger partial charge in [-0.25, -0.2) is 0 Å². The Morgan fingerprint density at radius 2 is 1.62 bits per heavy atom. The maximum atomic E-state index is 6.15. The zero-order valence-electron chi connectivity index (χ0n) is 14.5. The molecule has 0 radical (unpaired) electrons. The number of hydrogen-bond donors (Lipinski definition) is 0. The van der Waals surface area contributed by atoms with Gasteiger partial charge in [-0.05, 0) is 57.2 Å². The summed E-state index contributed by atoms with van der Waals surface area (Å²) < 4.78 is 6.01. The van der Waals surface area contributed by atoms with Crippen LogP contribution in [0.5, 0.6) is 5.75 Å². The molecule has 4 heteroatoms. The number of benzene rings is 2. The third kappa shape index (κ3) is 7.12. The second-order valence-corrected chi connectivity index (χ2v) is 6.51. The van der Waals surface area contributed by atoms with E-state index >= 15 is 0 Å². The molecule has 0 aliphatic heterocycles. The average Bonchev–Trinajstić information content (AvgIpc) is 2.55. The van der Waals surface area contributed by atoms with Crippen LogP contribution in [0.1, 0.15) is 25.7 Å². The minimum atomic E-state index is 0. The summed E-state index contributed by atoms with van der Waals surface area (Å²) in [7, 11) is 4.24. The highest BCUT2D eigenvalue weighted by atomic mass is 35.5. The van der Waals surface area contributed by atoms with E-state index in [1.807, 2.05) is 36.4 Å². The molecule has 0 saturated carbocycles. The zero-order valence-corrected chi connectivity index (χ0v) is 16.1. The molecule has 0 aliphatic carbocycles. The fourth-order valence-corrected chi connectivity index (χ4v) is 2.71. The molecule has 0 amide bonds. The molecule has 0 unspecified atom stereocenters. The highest BCUT2D eigenvalue weighted by Gasteiger charge is 2.07. The molecular weight excluding hydrogens is 341 g/mol. The SMILES string of the molecule is CN(C)CCCCCCOc1ccc(Cl)cc1-c1ccccc1.Cl. The van der Waals surface area contributed by atoms with E-state index in [0.717, 1.165) is 41.5 Å². The van der Waals surface area contributed by atoms with Crippen molar-refractivity contribution in [3.63, 3.8) is 0 Å². The van der Waals surface area contributed by atoms with Crippen molar-refractivity contribution in [3.8, 4) is 16.9 Å². The summed E-state index contributed by atoms with van der Waals surface area (Å²) in [6.45, 7) is 1.92. The Bertz CT molecular complexity index is 587. The molecule has 24 heavy (non-hydrogen) atoms. The molecule has 2 aromatic carbocycles. The van der Waals surface area contributed by atoms with Gasteiger partial charge in [0, 0.05) is 10.6 Å². The lowest BCUT2D eigenvalue weighted by atomic mass is 10.0. The monoisotopic (exact) mass is 367 g/mol. The minimum absolute atomic E-state index is 0. The van der Waals surface area contributed by atoms with Crippen LogP contribution in [0, 0.1) is 0 Å². The summed E-state index contributed by atoms with van der Waals surface area (Å²) in [6, 6.07) is 16.1. The van der Waals surface area contributed by atoms with E-state index in [2.05, 4.69) is 31.1 Å². The first kappa shape index (κ1) is 20.8. The molecule has 0 saturated heterocycles. The van der Waals surface area contributed by atoms with Gasteiger partial charge in [0.05, 0.1) is 6.61 Å². The fraction of sp³-hybridized carbons (Fsp3) is 0.400. The van der Waals surface area contributed by atoms with E-state index in [9.17, 15) is 0 Å². The largest absolute Gasteiger partial charge is 0.493 e. The molecule has 0 aliphatic rings. The number of hydrogen-bond acceptors (Lipinski definition) is 2. The van der Waals surface area contributed by atoms with Gasteiger partial charge in [-0.2, -0.15) is 0 Å². The highest BCUT2D eigenvalue weighted by Crippen LogP contribution is 2.32. The van der Waals surface area contributed by atoms with Crippen LogP contribution in [-0.2, 0) is 0 Å². The summed E-state index contributed by atoms with van der Waals surface area (Å²) in [4.78, 5) is 2.23. The quantitative estimate of drug-likeness (QED) is 0.509. The topological polar surface area (TPSA) is 12.5 Å². The molecule has 2 nitrogen and oxygen atoms in total. The molecule has 0 spiro atoms. The van der Waals surface area contributed by atoms with Crippen molar-refractivity contribution in [1.82, 2.24) is 4.90 Å². The van der Waals surface area contributed by atoms with Gasteiger partial charge in [-0.15, -0.1) is 12.4 Å². The predicted molar refractivity (Wildman–Crippen MR) is 107 cm³/mol. The summed E-state index contributed by atoms with van der Waals surface area (Å²) in [5, 5.41) is 0.736. The van der Waals surface area contributed by atoms with Gasteiger partial charge in [-0.1, -0.05) is 54.8 Å². The third-order valence-corrected chi connectivity index (χ3v) is 4.02. The Labute approximate surface area is 157 Å². The Kier molecular flexibility index (Phi) is 9.85. The summed E-state index contributed by atoms with van der Waals surface area (Å²) in [6.07, 6.45) is 4.81. The van der Waals surface area contributed by atoms with Crippen molar-refractivity contribution < 1.29 is 4.74 Å². The standard InChI is InChI=1S/C20H26ClNO.ClH/c1-22(2)14-8-3-4-9-15-23-20-13-12-18(21)16-19(20)17-10-6-5-7-11-17;/h5-7,10-13,16H,3-4,8-9,14-15H2,1-2H3;1H. The molecule has 132 valence electrons. The zero-order chi connectivity index (χ0) is 16.5. The van der Waals surface area contributed by atoms with Crippen LogP contribution in [0.15, 0.2) is 48.5 Å². The Balaban J connectivity index is 0.00000288. The highest BCUT2D eigenvalue weighted by molar-refractivity contribution is 6.31. The van der Waals surface area contributed by atoms with Gasteiger partial charge in [0.15, 0.2) is 0 Å². The molecule has 0 aromatic heterocycles. The summed E-state index contributed by atoms with van der Waals surface area (Å²) in [5.74, 6) is 0.911. The van der Waals surface area contributed by atoms with Gasteiger partial charge >= 0.3 is 0 Å². The molecule has 0 N–H and O–H groups in total. The number of unbranched alkanes of at least 4 members (excludes halogenated alkanes) is 3. The normalized spacial score (nSPS) is 10.5. The molecular formula is C20H27Cl2NO.